The molecule has 0 aromatic heterocycles. The minimum atomic E-state index is -0.192. The molecule has 1 unspecified atom stereocenters. The van der Waals surface area contributed by atoms with Crippen molar-refractivity contribution in [1.29, 1.82) is 0 Å². The highest BCUT2D eigenvalue weighted by Crippen LogP contribution is 2.18. The third-order valence-electron chi connectivity index (χ3n) is 3.64. The summed E-state index contributed by atoms with van der Waals surface area (Å²) in [5.74, 6) is 0.376. The predicted octanol–water partition coefficient (Wildman–Crippen LogP) is 2.41. The Labute approximate surface area is 114 Å². The number of rotatable bonds is 5. The van der Waals surface area contributed by atoms with Gasteiger partial charge < -0.3 is 15.0 Å². The van der Waals surface area contributed by atoms with Crippen LogP contribution in [0.5, 0.6) is 5.75 Å². The van der Waals surface area contributed by atoms with Gasteiger partial charge in [-0.25, -0.2) is 4.39 Å². The fraction of sp³-hybridized carbons (Fsp3) is 0.600. The molecule has 1 atom stereocenters. The first-order chi connectivity index (χ1) is 9.19. The SMILES string of the molecule is COc1ccc(CN(C)CC2CCCCN2)c(F)c1. The maximum atomic E-state index is 13.9. The van der Waals surface area contributed by atoms with Gasteiger partial charge in [-0.3, -0.25) is 0 Å². The molecule has 0 spiro atoms. The van der Waals surface area contributed by atoms with Crippen molar-refractivity contribution < 1.29 is 9.13 Å². The van der Waals surface area contributed by atoms with E-state index in [4.69, 9.17) is 4.74 Å². The van der Waals surface area contributed by atoms with Crippen LogP contribution in [-0.4, -0.2) is 38.2 Å². The second-order valence-electron chi connectivity index (χ2n) is 5.30. The molecule has 106 valence electrons. The second kappa shape index (κ2) is 6.87. The lowest BCUT2D eigenvalue weighted by atomic mass is 10.0. The zero-order valence-corrected chi connectivity index (χ0v) is 11.8. The minimum absolute atomic E-state index is 0.192. The van der Waals surface area contributed by atoms with E-state index in [9.17, 15) is 4.39 Å². The number of hydrogen-bond acceptors (Lipinski definition) is 3. The molecule has 2 rings (SSSR count). The Morgan fingerprint density at radius 1 is 1.42 bits per heavy atom. The van der Waals surface area contributed by atoms with Crippen molar-refractivity contribution in [1.82, 2.24) is 10.2 Å². The zero-order chi connectivity index (χ0) is 13.7. The number of methoxy groups -OCH3 is 1. The van der Waals surface area contributed by atoms with Gasteiger partial charge in [0.1, 0.15) is 11.6 Å². The highest BCUT2D eigenvalue weighted by molar-refractivity contribution is 5.28. The lowest BCUT2D eigenvalue weighted by Crippen LogP contribution is -2.42. The van der Waals surface area contributed by atoms with Crippen molar-refractivity contribution in [3.8, 4) is 5.75 Å². The van der Waals surface area contributed by atoms with Crippen molar-refractivity contribution in [2.24, 2.45) is 0 Å². The molecule has 0 bridgehead atoms. The van der Waals surface area contributed by atoms with Gasteiger partial charge >= 0.3 is 0 Å². The Morgan fingerprint density at radius 3 is 2.89 bits per heavy atom. The monoisotopic (exact) mass is 266 g/mol. The molecular formula is C15H23FN2O. The molecule has 0 amide bonds. The van der Waals surface area contributed by atoms with Crippen molar-refractivity contribution in [2.45, 2.75) is 31.8 Å². The van der Waals surface area contributed by atoms with E-state index in [1.807, 2.05) is 13.1 Å². The summed E-state index contributed by atoms with van der Waals surface area (Å²) in [7, 11) is 3.59. The molecule has 0 saturated carbocycles. The zero-order valence-electron chi connectivity index (χ0n) is 11.8. The molecule has 1 fully saturated rings. The van der Waals surface area contributed by atoms with Crippen molar-refractivity contribution in [2.75, 3.05) is 27.2 Å². The van der Waals surface area contributed by atoms with E-state index in [0.717, 1.165) is 18.7 Å². The van der Waals surface area contributed by atoms with Crippen LogP contribution in [0.4, 0.5) is 4.39 Å². The largest absolute Gasteiger partial charge is 0.497 e. The first kappa shape index (κ1) is 14.3. The molecule has 0 aliphatic carbocycles. The highest BCUT2D eigenvalue weighted by atomic mass is 19.1. The van der Waals surface area contributed by atoms with Crippen molar-refractivity contribution in [3.63, 3.8) is 0 Å². The number of ether oxygens (including phenoxy) is 1. The third kappa shape index (κ3) is 4.18. The van der Waals surface area contributed by atoms with E-state index in [-0.39, 0.29) is 5.82 Å². The molecule has 3 nitrogen and oxygen atoms in total. The van der Waals surface area contributed by atoms with E-state index >= 15 is 0 Å². The van der Waals surface area contributed by atoms with Crippen LogP contribution in [0.3, 0.4) is 0 Å². The van der Waals surface area contributed by atoms with Gasteiger partial charge in [-0.05, 0) is 32.5 Å². The number of hydrogen-bond donors (Lipinski definition) is 1. The number of likely N-dealkylation sites (N-methyl/N-ethyl adjacent to an activating group) is 1. The molecule has 1 aliphatic rings. The van der Waals surface area contributed by atoms with Crippen molar-refractivity contribution in [3.05, 3.63) is 29.6 Å². The third-order valence-corrected chi connectivity index (χ3v) is 3.64. The van der Waals surface area contributed by atoms with Crippen LogP contribution in [0.15, 0.2) is 18.2 Å². The van der Waals surface area contributed by atoms with Gasteiger partial charge in [-0.15, -0.1) is 0 Å². The average Bonchev–Trinajstić information content (AvgIpc) is 2.42. The Hall–Kier alpha value is -1.13. The van der Waals surface area contributed by atoms with Gasteiger partial charge in [0.25, 0.3) is 0 Å². The Kier molecular flexibility index (Phi) is 5.16. The fourth-order valence-corrected chi connectivity index (χ4v) is 2.59. The quantitative estimate of drug-likeness (QED) is 0.885. The highest BCUT2D eigenvalue weighted by Gasteiger charge is 2.15. The van der Waals surface area contributed by atoms with Gasteiger partial charge in [0.2, 0.25) is 0 Å². The van der Waals surface area contributed by atoms with Crippen LogP contribution in [0.25, 0.3) is 0 Å². The summed E-state index contributed by atoms with van der Waals surface area (Å²) in [6.45, 7) is 2.70. The number of piperidine rings is 1. The van der Waals surface area contributed by atoms with E-state index in [1.54, 1.807) is 13.2 Å². The molecule has 0 radical (unpaired) electrons. The maximum Gasteiger partial charge on any atom is 0.131 e. The Bertz CT molecular complexity index is 405. The smallest absolute Gasteiger partial charge is 0.131 e. The Morgan fingerprint density at radius 2 is 2.26 bits per heavy atom. The molecule has 1 aromatic carbocycles. The topological polar surface area (TPSA) is 24.5 Å². The molecule has 1 N–H and O–H groups in total. The van der Waals surface area contributed by atoms with Gasteiger partial charge in [-0.1, -0.05) is 12.5 Å². The lowest BCUT2D eigenvalue weighted by molar-refractivity contribution is 0.254. The first-order valence-electron chi connectivity index (χ1n) is 6.93. The number of halogens is 1. The molecule has 1 aromatic rings. The van der Waals surface area contributed by atoms with E-state index in [0.29, 0.717) is 18.3 Å². The van der Waals surface area contributed by atoms with Gasteiger partial charge in [0, 0.05) is 30.8 Å². The van der Waals surface area contributed by atoms with E-state index < -0.39 is 0 Å². The number of benzene rings is 1. The second-order valence-corrected chi connectivity index (χ2v) is 5.30. The molecule has 1 saturated heterocycles. The van der Waals surface area contributed by atoms with E-state index in [1.165, 1.54) is 25.3 Å². The van der Waals surface area contributed by atoms with Crippen molar-refractivity contribution >= 4 is 0 Å². The predicted molar refractivity (Wildman–Crippen MR) is 74.9 cm³/mol. The number of nitrogens with zero attached hydrogens (tertiary/aromatic N) is 1. The molecule has 1 heterocycles. The average molecular weight is 266 g/mol. The Balaban J connectivity index is 1.88. The summed E-state index contributed by atoms with van der Waals surface area (Å²) in [5.41, 5.74) is 0.721. The van der Waals surface area contributed by atoms with Gasteiger partial charge in [-0.2, -0.15) is 0 Å². The van der Waals surface area contributed by atoms with Crippen LogP contribution >= 0.6 is 0 Å². The number of nitrogens with one attached hydrogen (secondary N) is 1. The summed E-state index contributed by atoms with van der Waals surface area (Å²) < 4.78 is 18.9. The normalized spacial score (nSPS) is 19.7. The fourth-order valence-electron chi connectivity index (χ4n) is 2.59. The maximum absolute atomic E-state index is 13.9. The van der Waals surface area contributed by atoms with Crippen LogP contribution < -0.4 is 10.1 Å². The summed E-state index contributed by atoms with van der Waals surface area (Å²) in [5, 5.41) is 3.51. The molecule has 1 aliphatic heterocycles. The lowest BCUT2D eigenvalue weighted by Gasteiger charge is -2.28. The molecule has 4 heteroatoms. The van der Waals surface area contributed by atoms with Crippen LogP contribution in [0.1, 0.15) is 24.8 Å². The van der Waals surface area contributed by atoms with E-state index in [2.05, 4.69) is 10.2 Å². The van der Waals surface area contributed by atoms with Crippen LogP contribution in [0, 0.1) is 5.82 Å². The summed E-state index contributed by atoms with van der Waals surface area (Å²) in [6.07, 6.45) is 3.78. The minimum Gasteiger partial charge on any atom is -0.497 e. The first-order valence-corrected chi connectivity index (χ1v) is 6.93. The van der Waals surface area contributed by atoms with Gasteiger partial charge in [0.05, 0.1) is 7.11 Å². The molecular weight excluding hydrogens is 243 g/mol. The summed E-state index contributed by atoms with van der Waals surface area (Å²) in [6, 6.07) is 5.60. The van der Waals surface area contributed by atoms with Crippen LogP contribution in [-0.2, 0) is 6.54 Å². The standard InChI is InChI=1S/C15H23FN2O/c1-18(11-13-5-3-4-8-17-13)10-12-6-7-14(19-2)9-15(12)16/h6-7,9,13,17H,3-5,8,10-11H2,1-2H3. The summed E-state index contributed by atoms with van der Waals surface area (Å²) >= 11 is 0. The van der Waals surface area contributed by atoms with Gasteiger partial charge in [0.15, 0.2) is 0 Å². The van der Waals surface area contributed by atoms with Crippen LogP contribution in [0.2, 0.25) is 0 Å². The summed E-state index contributed by atoms with van der Waals surface area (Å²) in [4.78, 5) is 2.17. The molecule has 19 heavy (non-hydrogen) atoms.